The number of benzene rings is 1. The highest BCUT2D eigenvalue weighted by atomic mass is 16.6. The number of nitrogens with one attached hydrogen (secondary N) is 2. The van der Waals surface area contributed by atoms with Crippen molar-refractivity contribution in [1.29, 1.82) is 0 Å². The molecule has 3 atom stereocenters. The molecule has 6 heteroatoms. The molecule has 1 saturated carbocycles. The van der Waals surface area contributed by atoms with Crippen LogP contribution in [-0.2, 0) is 16.1 Å². The molecule has 1 aromatic rings. The molecular weight excluding hydrogens is 380 g/mol. The Morgan fingerprint density at radius 3 is 2.43 bits per heavy atom. The van der Waals surface area contributed by atoms with Crippen LogP contribution in [-0.4, -0.2) is 29.9 Å². The van der Waals surface area contributed by atoms with Crippen LogP contribution in [0.25, 0.3) is 0 Å². The summed E-state index contributed by atoms with van der Waals surface area (Å²) in [6.07, 6.45) is 5.76. The maximum atomic E-state index is 12.3. The van der Waals surface area contributed by atoms with E-state index in [1.807, 2.05) is 51.1 Å². The molecule has 6 nitrogen and oxygen atoms in total. The molecule has 1 aliphatic carbocycles. The van der Waals surface area contributed by atoms with Gasteiger partial charge in [-0.15, -0.1) is 0 Å². The Morgan fingerprint density at radius 1 is 1.10 bits per heavy atom. The van der Waals surface area contributed by atoms with E-state index >= 15 is 0 Å². The molecule has 0 spiro atoms. The number of rotatable bonds is 6. The second-order valence-corrected chi connectivity index (χ2v) is 9.26. The molecule has 0 bridgehead atoms. The quantitative estimate of drug-likeness (QED) is 0.626. The van der Waals surface area contributed by atoms with Gasteiger partial charge < -0.3 is 20.1 Å². The lowest BCUT2D eigenvalue weighted by molar-refractivity contribution is 0.0480. The maximum absolute atomic E-state index is 12.3. The van der Waals surface area contributed by atoms with E-state index in [-0.39, 0.29) is 24.6 Å². The number of ether oxygens (including phenoxy) is 2. The Hall–Kier alpha value is -2.50. The first-order valence-corrected chi connectivity index (χ1v) is 10.8. The van der Waals surface area contributed by atoms with Crippen LogP contribution in [0.5, 0.6) is 0 Å². The van der Waals surface area contributed by atoms with Crippen molar-refractivity contribution in [3.63, 3.8) is 0 Å². The summed E-state index contributed by atoms with van der Waals surface area (Å²) in [4.78, 5) is 24.5. The number of alkyl carbamates (subject to hydrolysis) is 2. The number of carbonyl (C=O) groups excluding carboxylic acids is 2. The van der Waals surface area contributed by atoms with Crippen LogP contribution >= 0.6 is 0 Å². The van der Waals surface area contributed by atoms with Crippen LogP contribution in [0.15, 0.2) is 42.5 Å². The monoisotopic (exact) mass is 416 g/mol. The predicted molar refractivity (Wildman–Crippen MR) is 118 cm³/mol. The average Bonchev–Trinajstić information content (AvgIpc) is 2.65. The number of carbonyl (C=O) groups is 2. The number of amides is 2. The van der Waals surface area contributed by atoms with Crippen molar-refractivity contribution in [3.8, 4) is 0 Å². The third-order valence-electron chi connectivity index (χ3n) is 4.88. The second kappa shape index (κ2) is 11.0. The Bertz CT molecular complexity index is 710. The highest BCUT2D eigenvalue weighted by Gasteiger charge is 2.32. The molecule has 3 unspecified atom stereocenters. The van der Waals surface area contributed by atoms with Crippen molar-refractivity contribution in [2.75, 3.05) is 0 Å². The van der Waals surface area contributed by atoms with Gasteiger partial charge in [0.05, 0.1) is 0 Å². The summed E-state index contributed by atoms with van der Waals surface area (Å²) < 4.78 is 10.8. The third-order valence-corrected chi connectivity index (χ3v) is 4.88. The number of allylic oxidation sites excluding steroid dienone is 1. The SMILES string of the molecule is CC(C)C=CC1CC(NC(=O)OC(C)(C)C)CCC1NC(=O)OCc1ccccc1. The average molecular weight is 417 g/mol. The molecule has 1 aromatic carbocycles. The third kappa shape index (κ3) is 8.89. The van der Waals surface area contributed by atoms with Gasteiger partial charge in [0, 0.05) is 12.1 Å². The summed E-state index contributed by atoms with van der Waals surface area (Å²) in [5.74, 6) is 0.528. The second-order valence-electron chi connectivity index (χ2n) is 9.26. The fourth-order valence-electron chi connectivity index (χ4n) is 3.48. The van der Waals surface area contributed by atoms with Gasteiger partial charge in [-0.1, -0.05) is 56.3 Å². The van der Waals surface area contributed by atoms with Crippen molar-refractivity contribution < 1.29 is 19.1 Å². The van der Waals surface area contributed by atoms with E-state index in [2.05, 4.69) is 36.6 Å². The summed E-state index contributed by atoms with van der Waals surface area (Å²) in [5, 5.41) is 5.99. The first kappa shape index (κ1) is 23.8. The van der Waals surface area contributed by atoms with Crippen molar-refractivity contribution in [2.24, 2.45) is 11.8 Å². The zero-order valence-electron chi connectivity index (χ0n) is 18.8. The van der Waals surface area contributed by atoms with Gasteiger partial charge in [-0.3, -0.25) is 0 Å². The molecule has 2 rings (SSSR count). The summed E-state index contributed by atoms with van der Waals surface area (Å²) in [6, 6.07) is 9.60. The highest BCUT2D eigenvalue weighted by molar-refractivity contribution is 5.68. The minimum Gasteiger partial charge on any atom is -0.445 e. The van der Waals surface area contributed by atoms with Crippen molar-refractivity contribution in [1.82, 2.24) is 10.6 Å². The molecule has 166 valence electrons. The zero-order chi connectivity index (χ0) is 22.1. The van der Waals surface area contributed by atoms with Gasteiger partial charge >= 0.3 is 12.2 Å². The van der Waals surface area contributed by atoms with Gasteiger partial charge in [-0.2, -0.15) is 0 Å². The van der Waals surface area contributed by atoms with E-state index in [0.717, 1.165) is 24.8 Å². The van der Waals surface area contributed by atoms with Gasteiger partial charge in [-0.05, 0) is 57.4 Å². The Morgan fingerprint density at radius 2 is 1.80 bits per heavy atom. The van der Waals surface area contributed by atoms with E-state index in [4.69, 9.17) is 9.47 Å². The maximum Gasteiger partial charge on any atom is 0.407 e. The molecule has 0 saturated heterocycles. The minimum absolute atomic E-state index is 0.0139. The minimum atomic E-state index is -0.525. The zero-order valence-corrected chi connectivity index (χ0v) is 18.8. The normalized spacial score (nSPS) is 22.0. The summed E-state index contributed by atoms with van der Waals surface area (Å²) in [7, 11) is 0. The van der Waals surface area contributed by atoms with Crippen LogP contribution in [0.4, 0.5) is 9.59 Å². The van der Waals surface area contributed by atoms with Crippen LogP contribution in [0.1, 0.15) is 59.4 Å². The van der Waals surface area contributed by atoms with Gasteiger partial charge in [0.25, 0.3) is 0 Å². The molecule has 2 N–H and O–H groups in total. The highest BCUT2D eigenvalue weighted by Crippen LogP contribution is 2.27. The fraction of sp³-hybridized carbons (Fsp3) is 0.583. The first-order valence-electron chi connectivity index (χ1n) is 10.8. The smallest absolute Gasteiger partial charge is 0.407 e. The first-order chi connectivity index (χ1) is 14.1. The van der Waals surface area contributed by atoms with Crippen LogP contribution in [0.2, 0.25) is 0 Å². The molecule has 0 heterocycles. The Balaban J connectivity index is 1.92. The standard InChI is InChI=1S/C24H36N2O4/c1-17(2)11-12-19-15-20(25-23(28)30-24(3,4)5)13-14-21(19)26-22(27)29-16-18-9-7-6-8-10-18/h6-12,17,19-21H,13-16H2,1-5H3,(H,25,28)(H,26,27). The molecule has 30 heavy (non-hydrogen) atoms. The molecule has 1 fully saturated rings. The lowest BCUT2D eigenvalue weighted by Crippen LogP contribution is -2.49. The topological polar surface area (TPSA) is 76.7 Å². The lowest BCUT2D eigenvalue weighted by atomic mass is 9.81. The fourth-order valence-corrected chi connectivity index (χ4v) is 3.48. The van der Waals surface area contributed by atoms with Gasteiger partial charge in [0.1, 0.15) is 12.2 Å². The number of hydrogen-bond donors (Lipinski definition) is 2. The van der Waals surface area contributed by atoms with Crippen molar-refractivity contribution in [3.05, 3.63) is 48.0 Å². The van der Waals surface area contributed by atoms with Crippen molar-refractivity contribution in [2.45, 2.75) is 78.2 Å². The van der Waals surface area contributed by atoms with Crippen LogP contribution in [0.3, 0.4) is 0 Å². The van der Waals surface area contributed by atoms with E-state index in [9.17, 15) is 9.59 Å². The van der Waals surface area contributed by atoms with Gasteiger partial charge in [0.2, 0.25) is 0 Å². The number of hydrogen-bond acceptors (Lipinski definition) is 4. The molecular formula is C24H36N2O4. The molecule has 0 radical (unpaired) electrons. The van der Waals surface area contributed by atoms with E-state index in [1.165, 1.54) is 0 Å². The summed E-state index contributed by atoms with van der Waals surface area (Å²) >= 11 is 0. The van der Waals surface area contributed by atoms with E-state index < -0.39 is 17.8 Å². The van der Waals surface area contributed by atoms with E-state index in [0.29, 0.717) is 5.92 Å². The lowest BCUT2D eigenvalue weighted by Gasteiger charge is -2.35. The Labute approximate surface area is 180 Å². The summed E-state index contributed by atoms with van der Waals surface area (Å²) in [6.45, 7) is 10.0. The molecule has 2 amide bonds. The molecule has 0 aromatic heterocycles. The molecule has 0 aliphatic heterocycles. The van der Waals surface area contributed by atoms with E-state index in [1.54, 1.807) is 0 Å². The Kier molecular flexibility index (Phi) is 8.75. The largest absolute Gasteiger partial charge is 0.445 e. The van der Waals surface area contributed by atoms with Crippen LogP contribution in [0, 0.1) is 11.8 Å². The van der Waals surface area contributed by atoms with Gasteiger partial charge in [0.15, 0.2) is 0 Å². The molecule has 1 aliphatic rings. The van der Waals surface area contributed by atoms with Crippen LogP contribution < -0.4 is 10.6 Å². The van der Waals surface area contributed by atoms with Gasteiger partial charge in [-0.25, -0.2) is 9.59 Å². The summed E-state index contributed by atoms with van der Waals surface area (Å²) in [5.41, 5.74) is 0.427. The predicted octanol–water partition coefficient (Wildman–Crippen LogP) is 5.19. The van der Waals surface area contributed by atoms with Crippen molar-refractivity contribution >= 4 is 12.2 Å².